The van der Waals surface area contributed by atoms with E-state index in [4.69, 9.17) is 4.74 Å². The Bertz CT molecular complexity index is 244. The van der Waals surface area contributed by atoms with E-state index >= 15 is 0 Å². The molecule has 0 heterocycles. The summed E-state index contributed by atoms with van der Waals surface area (Å²) in [6.45, 7) is 6.57. The van der Waals surface area contributed by atoms with Gasteiger partial charge < -0.3 is 4.74 Å². The molecular weight excluding hydrogens is 172 g/mol. The van der Waals surface area contributed by atoms with Crippen LogP contribution in [0.1, 0.15) is 37.5 Å². The Hall–Kier alpha value is -0.980. The van der Waals surface area contributed by atoms with Gasteiger partial charge in [0.05, 0.1) is 7.11 Å². The van der Waals surface area contributed by atoms with Crippen LogP contribution in [0, 0.1) is 0 Å². The predicted molar refractivity (Wildman–Crippen MR) is 61.1 cm³/mol. The number of ether oxygens (including phenoxy) is 1. The summed E-state index contributed by atoms with van der Waals surface area (Å²) >= 11 is 0. The Labute approximate surface area is 87.1 Å². The van der Waals surface area contributed by atoms with Crippen molar-refractivity contribution in [2.24, 2.45) is 0 Å². The van der Waals surface area contributed by atoms with Crippen LogP contribution in [0.4, 0.5) is 0 Å². The highest BCUT2D eigenvalue weighted by Gasteiger charge is 2.06. The van der Waals surface area contributed by atoms with Crippen LogP contribution in [0.5, 0.6) is 5.75 Å². The summed E-state index contributed by atoms with van der Waals surface area (Å²) in [6, 6.07) is 4.48. The van der Waals surface area contributed by atoms with Crippen molar-refractivity contribution >= 4 is 0 Å². The molecule has 1 aromatic rings. The predicted octanol–water partition coefficient (Wildman–Crippen LogP) is 3.38. The normalized spacial score (nSPS) is 10.3. The van der Waals surface area contributed by atoms with Crippen molar-refractivity contribution in [2.45, 2.75) is 40.0 Å². The highest BCUT2D eigenvalue weighted by atomic mass is 16.5. The van der Waals surface area contributed by atoms with Crippen molar-refractivity contribution in [1.82, 2.24) is 0 Å². The number of methoxy groups -OCH3 is 1. The molecule has 0 amide bonds. The minimum Gasteiger partial charge on any atom is -0.496 e. The fourth-order valence-corrected chi connectivity index (χ4v) is 1.84. The van der Waals surface area contributed by atoms with Crippen molar-refractivity contribution in [3.8, 4) is 5.75 Å². The van der Waals surface area contributed by atoms with Crippen LogP contribution in [-0.2, 0) is 19.3 Å². The van der Waals surface area contributed by atoms with Gasteiger partial charge in [-0.25, -0.2) is 0 Å². The zero-order chi connectivity index (χ0) is 10.6. The average molecular weight is 192 g/mol. The lowest BCUT2D eigenvalue weighted by Gasteiger charge is -2.12. The minimum atomic E-state index is 1.04. The van der Waals surface area contributed by atoms with E-state index in [9.17, 15) is 0 Å². The smallest absolute Gasteiger partial charge is 0.122 e. The second kappa shape index (κ2) is 5.04. The molecule has 0 aliphatic heterocycles. The molecule has 0 saturated heterocycles. The molecule has 78 valence electrons. The van der Waals surface area contributed by atoms with Crippen LogP contribution in [0.3, 0.4) is 0 Å². The summed E-state index contributed by atoms with van der Waals surface area (Å²) in [6.07, 6.45) is 3.24. The molecule has 1 heteroatoms. The molecule has 14 heavy (non-hydrogen) atoms. The summed E-state index contributed by atoms with van der Waals surface area (Å²) in [5, 5.41) is 0. The maximum absolute atomic E-state index is 5.38. The molecule has 1 nitrogen and oxygen atoms in total. The summed E-state index contributed by atoms with van der Waals surface area (Å²) in [5.74, 6) is 1.04. The number of benzene rings is 1. The van der Waals surface area contributed by atoms with E-state index < -0.39 is 0 Å². The third-order valence-electron chi connectivity index (χ3n) is 2.75. The van der Waals surface area contributed by atoms with E-state index in [1.165, 1.54) is 16.7 Å². The lowest BCUT2D eigenvalue weighted by molar-refractivity contribution is 0.409. The van der Waals surface area contributed by atoms with Gasteiger partial charge in [0, 0.05) is 0 Å². The van der Waals surface area contributed by atoms with Crippen LogP contribution < -0.4 is 4.74 Å². The minimum absolute atomic E-state index is 1.04. The molecule has 0 bridgehead atoms. The largest absolute Gasteiger partial charge is 0.496 e. The molecule has 0 aliphatic rings. The molecule has 1 aromatic carbocycles. The molecule has 0 radical (unpaired) electrons. The number of hydrogen-bond acceptors (Lipinski definition) is 1. The molecular formula is C13H20O. The summed E-state index contributed by atoms with van der Waals surface area (Å²) in [7, 11) is 1.75. The van der Waals surface area contributed by atoms with Gasteiger partial charge in [0.1, 0.15) is 5.75 Å². The molecule has 0 spiro atoms. The van der Waals surface area contributed by atoms with Crippen molar-refractivity contribution in [1.29, 1.82) is 0 Å². The van der Waals surface area contributed by atoms with E-state index in [0.717, 1.165) is 25.0 Å². The SMILES string of the molecule is CCc1cc(CC)c(OC)cc1CC. The van der Waals surface area contributed by atoms with Gasteiger partial charge in [0.25, 0.3) is 0 Å². The zero-order valence-corrected chi connectivity index (χ0v) is 9.68. The van der Waals surface area contributed by atoms with Crippen LogP contribution in [0.2, 0.25) is 0 Å². The van der Waals surface area contributed by atoms with E-state index in [1.807, 2.05) is 0 Å². The third-order valence-corrected chi connectivity index (χ3v) is 2.75. The molecule has 0 atom stereocenters. The topological polar surface area (TPSA) is 9.23 Å². The summed E-state index contributed by atoms with van der Waals surface area (Å²) in [5.41, 5.74) is 4.20. The Morgan fingerprint density at radius 1 is 0.857 bits per heavy atom. The van der Waals surface area contributed by atoms with E-state index in [-0.39, 0.29) is 0 Å². The summed E-state index contributed by atoms with van der Waals surface area (Å²) in [4.78, 5) is 0. The van der Waals surface area contributed by atoms with Gasteiger partial charge in [0.15, 0.2) is 0 Å². The van der Waals surface area contributed by atoms with Gasteiger partial charge in [-0.2, -0.15) is 0 Å². The first kappa shape index (κ1) is 11.1. The van der Waals surface area contributed by atoms with Crippen molar-refractivity contribution in [2.75, 3.05) is 7.11 Å². The Morgan fingerprint density at radius 2 is 1.36 bits per heavy atom. The molecule has 0 N–H and O–H groups in total. The standard InChI is InChI=1S/C13H20O/c1-5-10-8-12(7-3)13(14-4)9-11(10)6-2/h8-9H,5-7H2,1-4H3. The van der Waals surface area contributed by atoms with E-state index in [2.05, 4.69) is 32.9 Å². The monoisotopic (exact) mass is 192 g/mol. The van der Waals surface area contributed by atoms with Crippen LogP contribution in [0.25, 0.3) is 0 Å². The zero-order valence-electron chi connectivity index (χ0n) is 9.68. The fourth-order valence-electron chi connectivity index (χ4n) is 1.84. The summed E-state index contributed by atoms with van der Waals surface area (Å²) < 4.78 is 5.38. The second-order valence-electron chi connectivity index (χ2n) is 3.49. The molecule has 0 saturated carbocycles. The first-order valence-corrected chi connectivity index (χ1v) is 5.45. The number of rotatable bonds is 4. The quantitative estimate of drug-likeness (QED) is 0.710. The van der Waals surface area contributed by atoms with Gasteiger partial charge in [-0.15, -0.1) is 0 Å². The highest BCUT2D eigenvalue weighted by Crippen LogP contribution is 2.25. The van der Waals surface area contributed by atoms with Crippen LogP contribution in [0.15, 0.2) is 12.1 Å². The number of hydrogen-bond donors (Lipinski definition) is 0. The van der Waals surface area contributed by atoms with Gasteiger partial charge in [0.2, 0.25) is 0 Å². The fraction of sp³-hybridized carbons (Fsp3) is 0.538. The first-order chi connectivity index (χ1) is 6.76. The maximum atomic E-state index is 5.38. The second-order valence-corrected chi connectivity index (χ2v) is 3.49. The van der Waals surface area contributed by atoms with Gasteiger partial charge in [-0.1, -0.05) is 26.8 Å². The lowest BCUT2D eigenvalue weighted by atomic mass is 9.98. The molecule has 0 unspecified atom stereocenters. The van der Waals surface area contributed by atoms with E-state index in [1.54, 1.807) is 7.11 Å². The van der Waals surface area contributed by atoms with Crippen molar-refractivity contribution in [3.05, 3.63) is 28.8 Å². The lowest BCUT2D eigenvalue weighted by Crippen LogP contribution is -1.97. The Balaban J connectivity index is 3.20. The maximum Gasteiger partial charge on any atom is 0.122 e. The molecule has 0 aliphatic carbocycles. The molecule has 0 fully saturated rings. The molecule has 0 aromatic heterocycles. The number of aryl methyl sites for hydroxylation is 3. The van der Waals surface area contributed by atoms with Crippen molar-refractivity contribution in [3.63, 3.8) is 0 Å². The van der Waals surface area contributed by atoms with Crippen molar-refractivity contribution < 1.29 is 4.74 Å². The third kappa shape index (κ3) is 2.09. The Kier molecular flexibility index (Phi) is 3.99. The Morgan fingerprint density at radius 3 is 1.79 bits per heavy atom. The van der Waals surface area contributed by atoms with Crippen LogP contribution in [-0.4, -0.2) is 7.11 Å². The molecule has 1 rings (SSSR count). The van der Waals surface area contributed by atoms with Gasteiger partial charge in [-0.3, -0.25) is 0 Å². The highest BCUT2D eigenvalue weighted by molar-refractivity contribution is 5.43. The van der Waals surface area contributed by atoms with Gasteiger partial charge in [-0.05, 0) is 42.0 Å². The van der Waals surface area contributed by atoms with Gasteiger partial charge >= 0.3 is 0 Å². The first-order valence-electron chi connectivity index (χ1n) is 5.45. The van der Waals surface area contributed by atoms with Crippen LogP contribution >= 0.6 is 0 Å². The van der Waals surface area contributed by atoms with E-state index in [0.29, 0.717) is 0 Å². The average Bonchev–Trinajstić information content (AvgIpc) is 2.26.